The molecule has 2 aromatic rings. The van der Waals surface area contributed by atoms with Crippen LogP contribution in [0.15, 0.2) is 24.3 Å². The van der Waals surface area contributed by atoms with E-state index in [9.17, 15) is 4.39 Å². The van der Waals surface area contributed by atoms with Gasteiger partial charge < -0.3 is 15.4 Å². The molecule has 0 spiro atoms. The van der Waals surface area contributed by atoms with Crippen LogP contribution in [0.25, 0.3) is 11.3 Å². The number of H-pyrrole nitrogens is 1. The van der Waals surface area contributed by atoms with Crippen molar-refractivity contribution in [1.29, 1.82) is 0 Å². The van der Waals surface area contributed by atoms with Crippen molar-refractivity contribution in [3.63, 3.8) is 0 Å². The standard InChI is InChI=1S/C15H19FN4O/c1-21-13-6-2-5-11(16)15(13)12-8-14(19-18-12)20-7-3-4-10(17)9-20/h2,5-6,8,10H,3-4,7,9,17H2,1H3,(H,18,19). The largest absolute Gasteiger partial charge is 0.496 e. The fourth-order valence-electron chi connectivity index (χ4n) is 2.76. The summed E-state index contributed by atoms with van der Waals surface area (Å²) in [6.07, 6.45) is 2.08. The Morgan fingerprint density at radius 1 is 1.48 bits per heavy atom. The summed E-state index contributed by atoms with van der Waals surface area (Å²) in [5.74, 6) is 0.950. The topological polar surface area (TPSA) is 67.2 Å². The Labute approximate surface area is 122 Å². The normalized spacial score (nSPS) is 18.8. The van der Waals surface area contributed by atoms with Crippen LogP contribution in [0.1, 0.15) is 12.8 Å². The van der Waals surface area contributed by atoms with E-state index in [4.69, 9.17) is 10.5 Å². The van der Waals surface area contributed by atoms with E-state index in [0.717, 1.165) is 31.7 Å². The molecule has 21 heavy (non-hydrogen) atoms. The van der Waals surface area contributed by atoms with Crippen LogP contribution in [0, 0.1) is 5.82 Å². The number of piperidine rings is 1. The Morgan fingerprint density at radius 3 is 3.10 bits per heavy atom. The Morgan fingerprint density at radius 2 is 2.33 bits per heavy atom. The minimum absolute atomic E-state index is 0.168. The Hall–Kier alpha value is -2.08. The first-order chi connectivity index (χ1) is 10.2. The third kappa shape index (κ3) is 2.71. The molecule has 0 aliphatic carbocycles. The van der Waals surface area contributed by atoms with Gasteiger partial charge in [-0.05, 0) is 25.0 Å². The van der Waals surface area contributed by atoms with E-state index in [2.05, 4.69) is 15.1 Å². The van der Waals surface area contributed by atoms with E-state index >= 15 is 0 Å². The van der Waals surface area contributed by atoms with Gasteiger partial charge in [0.25, 0.3) is 0 Å². The summed E-state index contributed by atoms with van der Waals surface area (Å²) in [4.78, 5) is 2.13. The molecular formula is C15H19FN4O. The molecule has 1 saturated heterocycles. The molecule has 6 heteroatoms. The molecule has 1 unspecified atom stereocenters. The smallest absolute Gasteiger partial charge is 0.151 e. The molecule has 1 fully saturated rings. The van der Waals surface area contributed by atoms with Crippen LogP contribution in [0.3, 0.4) is 0 Å². The van der Waals surface area contributed by atoms with Crippen LogP contribution in [0.5, 0.6) is 5.75 Å². The van der Waals surface area contributed by atoms with Gasteiger partial charge >= 0.3 is 0 Å². The summed E-state index contributed by atoms with van der Waals surface area (Å²) in [6, 6.07) is 6.78. The minimum atomic E-state index is -0.333. The molecule has 0 bridgehead atoms. The second kappa shape index (κ2) is 5.73. The van der Waals surface area contributed by atoms with Crippen molar-refractivity contribution in [3.05, 3.63) is 30.1 Å². The fraction of sp³-hybridized carbons (Fsp3) is 0.400. The third-order valence-electron chi connectivity index (χ3n) is 3.81. The van der Waals surface area contributed by atoms with Crippen LogP contribution < -0.4 is 15.4 Å². The zero-order valence-corrected chi connectivity index (χ0v) is 12.0. The molecule has 5 nitrogen and oxygen atoms in total. The van der Waals surface area contributed by atoms with Gasteiger partial charge in [-0.25, -0.2) is 4.39 Å². The number of aromatic amines is 1. The molecule has 0 saturated carbocycles. The zero-order chi connectivity index (χ0) is 14.8. The molecular weight excluding hydrogens is 271 g/mol. The number of ether oxygens (including phenoxy) is 1. The number of anilines is 1. The van der Waals surface area contributed by atoms with Gasteiger partial charge in [0.2, 0.25) is 0 Å². The van der Waals surface area contributed by atoms with Crippen molar-refractivity contribution >= 4 is 5.82 Å². The van der Waals surface area contributed by atoms with E-state index in [-0.39, 0.29) is 11.9 Å². The predicted octanol–water partition coefficient (Wildman–Crippen LogP) is 2.15. The Bertz CT molecular complexity index is 628. The molecule has 1 atom stereocenters. The molecule has 1 aromatic carbocycles. The Kier molecular flexibility index (Phi) is 3.79. The van der Waals surface area contributed by atoms with Gasteiger partial charge in [0.15, 0.2) is 5.82 Å². The van der Waals surface area contributed by atoms with Crippen LogP contribution in [0.4, 0.5) is 10.2 Å². The number of rotatable bonds is 3. The number of nitrogens with zero attached hydrogens (tertiary/aromatic N) is 2. The summed E-state index contributed by atoms with van der Waals surface area (Å²) in [5.41, 5.74) is 7.00. The van der Waals surface area contributed by atoms with Crippen molar-refractivity contribution in [2.75, 3.05) is 25.1 Å². The lowest BCUT2D eigenvalue weighted by atomic mass is 10.1. The number of hydrogen-bond donors (Lipinski definition) is 2. The highest BCUT2D eigenvalue weighted by Crippen LogP contribution is 2.33. The van der Waals surface area contributed by atoms with E-state index < -0.39 is 0 Å². The fourth-order valence-corrected chi connectivity index (χ4v) is 2.76. The van der Waals surface area contributed by atoms with E-state index in [0.29, 0.717) is 17.0 Å². The third-order valence-corrected chi connectivity index (χ3v) is 3.81. The van der Waals surface area contributed by atoms with Crippen LogP contribution in [0.2, 0.25) is 0 Å². The second-order valence-corrected chi connectivity index (χ2v) is 5.31. The highest BCUT2D eigenvalue weighted by Gasteiger charge is 2.21. The highest BCUT2D eigenvalue weighted by molar-refractivity contribution is 5.70. The number of benzene rings is 1. The molecule has 0 radical (unpaired) electrons. The van der Waals surface area contributed by atoms with Gasteiger partial charge in [-0.2, -0.15) is 5.10 Å². The summed E-state index contributed by atoms with van der Waals surface area (Å²) in [7, 11) is 1.53. The first-order valence-electron chi connectivity index (χ1n) is 7.08. The van der Waals surface area contributed by atoms with Gasteiger partial charge in [0.05, 0.1) is 18.4 Å². The van der Waals surface area contributed by atoms with Gasteiger partial charge in [0.1, 0.15) is 11.6 Å². The zero-order valence-electron chi connectivity index (χ0n) is 12.0. The molecule has 1 aliphatic heterocycles. The number of aromatic nitrogens is 2. The summed E-state index contributed by atoms with van der Waals surface area (Å²) in [6.45, 7) is 1.70. The predicted molar refractivity (Wildman–Crippen MR) is 80.0 cm³/mol. The quantitative estimate of drug-likeness (QED) is 0.909. The minimum Gasteiger partial charge on any atom is -0.496 e. The molecule has 2 heterocycles. The molecule has 112 valence electrons. The average Bonchev–Trinajstić information content (AvgIpc) is 2.96. The molecule has 3 rings (SSSR count). The van der Waals surface area contributed by atoms with Crippen LogP contribution in [-0.4, -0.2) is 36.4 Å². The number of halogens is 1. The highest BCUT2D eigenvalue weighted by atomic mass is 19.1. The van der Waals surface area contributed by atoms with Crippen molar-refractivity contribution < 1.29 is 9.13 Å². The van der Waals surface area contributed by atoms with Crippen molar-refractivity contribution in [2.45, 2.75) is 18.9 Å². The second-order valence-electron chi connectivity index (χ2n) is 5.31. The number of nitrogens with one attached hydrogen (secondary N) is 1. The van der Waals surface area contributed by atoms with E-state index in [1.54, 1.807) is 12.1 Å². The summed E-state index contributed by atoms with van der Waals surface area (Å²) >= 11 is 0. The lowest BCUT2D eigenvalue weighted by molar-refractivity contribution is 0.413. The van der Waals surface area contributed by atoms with Crippen molar-refractivity contribution in [3.8, 4) is 17.0 Å². The van der Waals surface area contributed by atoms with Gasteiger partial charge in [-0.3, -0.25) is 5.10 Å². The molecule has 0 amide bonds. The maximum absolute atomic E-state index is 14.1. The van der Waals surface area contributed by atoms with Gasteiger partial charge in [-0.15, -0.1) is 0 Å². The Balaban J connectivity index is 1.92. The maximum Gasteiger partial charge on any atom is 0.151 e. The van der Waals surface area contributed by atoms with E-state index in [1.807, 2.05) is 6.07 Å². The lowest BCUT2D eigenvalue weighted by Gasteiger charge is -2.30. The summed E-state index contributed by atoms with van der Waals surface area (Å²) in [5, 5.41) is 7.19. The number of hydrogen-bond acceptors (Lipinski definition) is 4. The summed E-state index contributed by atoms with van der Waals surface area (Å²) < 4.78 is 19.3. The number of methoxy groups -OCH3 is 1. The first kappa shape index (κ1) is 13.9. The molecule has 3 N–H and O–H groups in total. The van der Waals surface area contributed by atoms with Crippen molar-refractivity contribution in [1.82, 2.24) is 10.2 Å². The van der Waals surface area contributed by atoms with Crippen molar-refractivity contribution in [2.24, 2.45) is 5.73 Å². The first-order valence-corrected chi connectivity index (χ1v) is 7.08. The molecule has 1 aliphatic rings. The van der Waals surface area contributed by atoms with Crippen LogP contribution in [-0.2, 0) is 0 Å². The van der Waals surface area contributed by atoms with Gasteiger partial charge in [0, 0.05) is 25.2 Å². The monoisotopic (exact) mass is 290 g/mol. The van der Waals surface area contributed by atoms with E-state index in [1.165, 1.54) is 13.2 Å². The van der Waals surface area contributed by atoms with Crippen LogP contribution >= 0.6 is 0 Å². The SMILES string of the molecule is COc1cccc(F)c1-c1cc(N2CCCC(N)C2)n[nH]1. The lowest BCUT2D eigenvalue weighted by Crippen LogP contribution is -2.43. The molecule has 1 aromatic heterocycles. The average molecular weight is 290 g/mol. The maximum atomic E-state index is 14.1. The van der Waals surface area contributed by atoms with Gasteiger partial charge in [-0.1, -0.05) is 6.07 Å². The number of nitrogens with two attached hydrogens (primary N) is 1.